The highest BCUT2D eigenvalue weighted by molar-refractivity contribution is 7.98. The molecule has 1 N–H and O–H groups in total. The first-order chi connectivity index (χ1) is 10.1. The van der Waals surface area contributed by atoms with Gasteiger partial charge in [-0.05, 0) is 25.2 Å². The Morgan fingerprint density at radius 3 is 2.71 bits per heavy atom. The molecule has 1 atom stereocenters. The van der Waals surface area contributed by atoms with Crippen LogP contribution in [0.25, 0.3) is 10.2 Å². The van der Waals surface area contributed by atoms with Crippen LogP contribution in [0.5, 0.6) is 0 Å². The second kappa shape index (κ2) is 7.31. The van der Waals surface area contributed by atoms with Gasteiger partial charge in [0.25, 0.3) is 0 Å². The molecule has 21 heavy (non-hydrogen) atoms. The molecule has 0 aliphatic carbocycles. The van der Waals surface area contributed by atoms with Gasteiger partial charge in [0.05, 0.1) is 5.39 Å². The molecular formula is C15H24N4S2. The number of hydrogen-bond acceptors (Lipinski definition) is 6. The van der Waals surface area contributed by atoms with Crippen molar-refractivity contribution in [2.45, 2.75) is 32.7 Å². The van der Waals surface area contributed by atoms with E-state index in [1.165, 1.54) is 10.3 Å². The van der Waals surface area contributed by atoms with Gasteiger partial charge < -0.3 is 10.2 Å². The first kappa shape index (κ1) is 16.4. The summed E-state index contributed by atoms with van der Waals surface area (Å²) in [5.74, 6) is 2.85. The summed E-state index contributed by atoms with van der Waals surface area (Å²) in [6, 6.07) is 2.74. The molecule has 0 fully saturated rings. The Morgan fingerprint density at radius 1 is 1.38 bits per heavy atom. The highest BCUT2D eigenvalue weighted by Gasteiger charge is 2.19. The Labute approximate surface area is 135 Å². The molecule has 0 aromatic carbocycles. The summed E-state index contributed by atoms with van der Waals surface area (Å²) in [4.78, 5) is 14.1. The predicted octanol–water partition coefficient (Wildman–Crippen LogP) is 3.87. The monoisotopic (exact) mass is 324 g/mol. The van der Waals surface area contributed by atoms with Crippen molar-refractivity contribution in [2.24, 2.45) is 0 Å². The number of rotatable bonds is 7. The molecule has 1 unspecified atom stereocenters. The zero-order chi connectivity index (χ0) is 15.4. The molecule has 0 amide bonds. The number of aryl methyl sites for hydroxylation is 1. The fraction of sp³-hybridized carbons (Fsp3) is 0.600. The highest BCUT2D eigenvalue weighted by atomic mass is 32.2. The number of anilines is 2. The molecule has 0 aliphatic heterocycles. The van der Waals surface area contributed by atoms with Crippen LogP contribution >= 0.6 is 23.1 Å². The zero-order valence-electron chi connectivity index (χ0n) is 13.4. The smallest absolute Gasteiger partial charge is 0.225 e. The summed E-state index contributed by atoms with van der Waals surface area (Å²) in [5, 5.41) is 4.26. The van der Waals surface area contributed by atoms with Crippen LogP contribution < -0.4 is 10.2 Å². The van der Waals surface area contributed by atoms with Crippen molar-refractivity contribution >= 4 is 45.1 Å². The SMILES string of the molecule is CCc1cc2c(N(C)C(CC)CSC)nc(NC)nc2s1. The predicted molar refractivity (Wildman–Crippen MR) is 97.2 cm³/mol. The van der Waals surface area contributed by atoms with Gasteiger partial charge in [0, 0.05) is 30.8 Å². The minimum atomic E-state index is 0.493. The van der Waals surface area contributed by atoms with Crippen molar-refractivity contribution in [3.8, 4) is 0 Å². The Morgan fingerprint density at radius 2 is 2.14 bits per heavy atom. The largest absolute Gasteiger partial charge is 0.357 e. The minimum absolute atomic E-state index is 0.493. The van der Waals surface area contributed by atoms with Gasteiger partial charge in [-0.15, -0.1) is 11.3 Å². The van der Waals surface area contributed by atoms with Crippen LogP contribution in [0, 0.1) is 0 Å². The topological polar surface area (TPSA) is 41.1 Å². The standard InChI is InChI=1S/C15H24N4S2/c1-6-10(9-20-5)19(4)13-12-8-11(7-2)21-14(12)18-15(16-3)17-13/h8,10H,6-7,9H2,1-5H3,(H,16,17,18). The van der Waals surface area contributed by atoms with E-state index < -0.39 is 0 Å². The van der Waals surface area contributed by atoms with Gasteiger partial charge in [0.1, 0.15) is 10.6 Å². The second-order valence-electron chi connectivity index (χ2n) is 5.03. The molecule has 0 radical (unpaired) electrons. The molecule has 0 saturated heterocycles. The number of nitrogens with zero attached hydrogens (tertiary/aromatic N) is 3. The first-order valence-electron chi connectivity index (χ1n) is 7.34. The van der Waals surface area contributed by atoms with Gasteiger partial charge >= 0.3 is 0 Å². The summed E-state index contributed by atoms with van der Waals surface area (Å²) in [7, 11) is 4.02. The fourth-order valence-corrected chi connectivity index (χ4v) is 4.19. The van der Waals surface area contributed by atoms with Gasteiger partial charge in [-0.3, -0.25) is 0 Å². The van der Waals surface area contributed by atoms with E-state index >= 15 is 0 Å². The van der Waals surface area contributed by atoms with Crippen LogP contribution in [-0.4, -0.2) is 42.1 Å². The van der Waals surface area contributed by atoms with Crippen LogP contribution in [0.3, 0.4) is 0 Å². The lowest BCUT2D eigenvalue weighted by Gasteiger charge is -2.28. The molecule has 116 valence electrons. The number of aromatic nitrogens is 2. The van der Waals surface area contributed by atoms with E-state index in [9.17, 15) is 0 Å². The molecule has 0 saturated carbocycles. The first-order valence-corrected chi connectivity index (χ1v) is 9.55. The molecule has 2 aromatic heterocycles. The zero-order valence-corrected chi connectivity index (χ0v) is 15.1. The van der Waals surface area contributed by atoms with E-state index in [-0.39, 0.29) is 0 Å². The Kier molecular flexibility index (Phi) is 5.70. The highest BCUT2D eigenvalue weighted by Crippen LogP contribution is 2.33. The number of hydrogen-bond donors (Lipinski definition) is 1. The van der Waals surface area contributed by atoms with Crippen molar-refractivity contribution < 1.29 is 0 Å². The maximum atomic E-state index is 4.72. The molecule has 2 aromatic rings. The Hall–Kier alpha value is -1.01. The molecule has 4 nitrogen and oxygen atoms in total. The van der Waals surface area contributed by atoms with E-state index in [0.29, 0.717) is 12.0 Å². The van der Waals surface area contributed by atoms with Gasteiger partial charge in [-0.25, -0.2) is 4.98 Å². The number of nitrogens with one attached hydrogen (secondary N) is 1. The van der Waals surface area contributed by atoms with Gasteiger partial charge in [0.2, 0.25) is 5.95 Å². The molecule has 0 aliphatic rings. The third-order valence-electron chi connectivity index (χ3n) is 3.71. The van der Waals surface area contributed by atoms with E-state index in [1.807, 2.05) is 18.8 Å². The summed E-state index contributed by atoms with van der Waals surface area (Å²) in [6.07, 6.45) is 4.31. The van der Waals surface area contributed by atoms with E-state index in [4.69, 9.17) is 4.98 Å². The normalized spacial score (nSPS) is 12.6. The van der Waals surface area contributed by atoms with Crippen molar-refractivity contribution in [2.75, 3.05) is 36.3 Å². The van der Waals surface area contributed by atoms with Crippen LogP contribution in [0.2, 0.25) is 0 Å². The lowest BCUT2D eigenvalue weighted by molar-refractivity contribution is 0.668. The molecular weight excluding hydrogens is 300 g/mol. The number of thioether (sulfide) groups is 1. The summed E-state index contributed by atoms with van der Waals surface area (Å²) in [5.41, 5.74) is 0. The maximum Gasteiger partial charge on any atom is 0.225 e. The minimum Gasteiger partial charge on any atom is -0.357 e. The van der Waals surface area contributed by atoms with Crippen molar-refractivity contribution in [1.82, 2.24) is 9.97 Å². The van der Waals surface area contributed by atoms with Gasteiger partial charge in [-0.2, -0.15) is 16.7 Å². The lowest BCUT2D eigenvalue weighted by Crippen LogP contribution is -2.34. The lowest BCUT2D eigenvalue weighted by atomic mass is 10.2. The average molecular weight is 325 g/mol. The van der Waals surface area contributed by atoms with Crippen molar-refractivity contribution in [1.29, 1.82) is 0 Å². The molecule has 0 bridgehead atoms. The Bertz CT molecular complexity index is 597. The molecule has 2 heterocycles. The van der Waals surface area contributed by atoms with Crippen LogP contribution in [0.1, 0.15) is 25.1 Å². The third-order valence-corrected chi connectivity index (χ3v) is 5.60. The fourth-order valence-electron chi connectivity index (χ4n) is 2.38. The van der Waals surface area contributed by atoms with Crippen LogP contribution in [0.15, 0.2) is 6.07 Å². The summed E-state index contributed by atoms with van der Waals surface area (Å²) < 4.78 is 0. The Balaban J connectivity index is 2.51. The summed E-state index contributed by atoms with van der Waals surface area (Å²) in [6.45, 7) is 4.42. The van der Waals surface area contributed by atoms with Crippen LogP contribution in [-0.2, 0) is 6.42 Å². The van der Waals surface area contributed by atoms with Crippen LogP contribution in [0.4, 0.5) is 11.8 Å². The van der Waals surface area contributed by atoms with E-state index in [1.54, 1.807) is 11.3 Å². The number of thiophene rings is 1. The van der Waals surface area contributed by atoms with Gasteiger partial charge in [0.15, 0.2) is 0 Å². The average Bonchev–Trinajstić information content (AvgIpc) is 2.93. The van der Waals surface area contributed by atoms with Crippen molar-refractivity contribution in [3.05, 3.63) is 10.9 Å². The maximum absolute atomic E-state index is 4.72. The quantitative estimate of drug-likeness (QED) is 0.837. The van der Waals surface area contributed by atoms with Gasteiger partial charge in [-0.1, -0.05) is 13.8 Å². The third kappa shape index (κ3) is 3.43. The molecule has 2 rings (SSSR count). The second-order valence-corrected chi connectivity index (χ2v) is 7.06. The molecule has 0 spiro atoms. The number of fused-ring (bicyclic) bond motifs is 1. The summed E-state index contributed by atoms with van der Waals surface area (Å²) >= 11 is 3.65. The van der Waals surface area contributed by atoms with E-state index in [2.05, 4.69) is 48.4 Å². The molecule has 6 heteroatoms. The van der Waals surface area contributed by atoms with E-state index in [0.717, 1.165) is 29.2 Å². The van der Waals surface area contributed by atoms with Crippen molar-refractivity contribution in [3.63, 3.8) is 0 Å².